The van der Waals surface area contributed by atoms with Gasteiger partial charge in [0.15, 0.2) is 5.65 Å². The molecule has 0 unspecified atom stereocenters. The van der Waals surface area contributed by atoms with E-state index in [1.54, 1.807) is 10.9 Å². The number of hydrogen-bond acceptors (Lipinski definition) is 6. The molecule has 2 aromatic rings. The average molecular weight is 234 g/mol. The largest absolute Gasteiger partial charge is 0.383 e. The van der Waals surface area contributed by atoms with E-state index >= 15 is 0 Å². The van der Waals surface area contributed by atoms with Gasteiger partial charge in [0.2, 0.25) is 5.95 Å². The highest BCUT2D eigenvalue weighted by molar-refractivity contribution is 5.86. The number of nitrogens with zero attached hydrogens (tertiary/aromatic N) is 5. The number of nitrogen functional groups attached to an aromatic ring is 1. The zero-order chi connectivity index (χ0) is 11.8. The van der Waals surface area contributed by atoms with Gasteiger partial charge in [-0.1, -0.05) is 0 Å². The molecular weight excluding hydrogens is 220 g/mol. The van der Waals surface area contributed by atoms with E-state index in [0.29, 0.717) is 25.0 Å². The van der Waals surface area contributed by atoms with Gasteiger partial charge in [0.1, 0.15) is 5.82 Å². The fourth-order valence-corrected chi connectivity index (χ4v) is 1.94. The number of hydrogen-bond donors (Lipinski definition) is 1. The number of fused-ring (bicyclic) bond motifs is 1. The van der Waals surface area contributed by atoms with Crippen LogP contribution in [0.5, 0.6) is 0 Å². The second kappa shape index (κ2) is 3.85. The third-order valence-corrected chi connectivity index (χ3v) is 2.90. The number of anilines is 2. The van der Waals surface area contributed by atoms with Crippen molar-refractivity contribution in [3.8, 4) is 0 Å². The molecule has 17 heavy (non-hydrogen) atoms. The van der Waals surface area contributed by atoms with Gasteiger partial charge in [-0.3, -0.25) is 4.68 Å². The van der Waals surface area contributed by atoms with E-state index in [1.807, 2.05) is 7.05 Å². The molecule has 1 aliphatic heterocycles. The lowest BCUT2D eigenvalue weighted by molar-refractivity contribution is 0.122. The van der Waals surface area contributed by atoms with Crippen LogP contribution in [0.2, 0.25) is 0 Å². The van der Waals surface area contributed by atoms with Crippen LogP contribution < -0.4 is 10.6 Å². The summed E-state index contributed by atoms with van der Waals surface area (Å²) < 4.78 is 7.01. The SMILES string of the molecule is Cn1ncc2c(N)nc(N3CCOCC3)nc21. The first kappa shape index (κ1) is 10.3. The molecule has 0 bridgehead atoms. The summed E-state index contributed by atoms with van der Waals surface area (Å²) in [7, 11) is 1.85. The molecule has 2 N–H and O–H groups in total. The van der Waals surface area contributed by atoms with Crippen LogP contribution in [0.3, 0.4) is 0 Å². The molecule has 0 spiro atoms. The molecular formula is C10H14N6O. The molecule has 0 saturated carbocycles. The predicted octanol–water partition coefficient (Wildman–Crippen LogP) is -0.218. The molecule has 0 aromatic carbocycles. The summed E-state index contributed by atoms with van der Waals surface area (Å²) in [6, 6.07) is 0. The minimum atomic E-state index is 0.476. The Kier molecular flexibility index (Phi) is 2.32. The fraction of sp³-hybridized carbons (Fsp3) is 0.500. The van der Waals surface area contributed by atoms with Gasteiger partial charge in [0.25, 0.3) is 0 Å². The second-order valence-electron chi connectivity index (χ2n) is 4.01. The number of ether oxygens (including phenoxy) is 1. The molecule has 90 valence electrons. The molecule has 0 aliphatic carbocycles. The number of morpholine rings is 1. The van der Waals surface area contributed by atoms with Crippen LogP contribution in [0.25, 0.3) is 11.0 Å². The highest BCUT2D eigenvalue weighted by atomic mass is 16.5. The van der Waals surface area contributed by atoms with Crippen LogP contribution in [0.15, 0.2) is 6.20 Å². The molecule has 3 heterocycles. The number of rotatable bonds is 1. The molecule has 0 atom stereocenters. The molecule has 2 aromatic heterocycles. The lowest BCUT2D eigenvalue weighted by Crippen LogP contribution is -2.37. The quantitative estimate of drug-likeness (QED) is 0.734. The Morgan fingerprint density at radius 2 is 2.06 bits per heavy atom. The molecule has 7 heteroatoms. The molecule has 3 rings (SSSR count). The maximum atomic E-state index is 5.91. The van der Waals surface area contributed by atoms with Gasteiger partial charge in [-0.2, -0.15) is 15.1 Å². The minimum absolute atomic E-state index is 0.476. The van der Waals surface area contributed by atoms with Gasteiger partial charge < -0.3 is 15.4 Å². The first-order chi connectivity index (χ1) is 8.25. The second-order valence-corrected chi connectivity index (χ2v) is 4.01. The monoisotopic (exact) mass is 234 g/mol. The molecule has 0 amide bonds. The van der Waals surface area contributed by atoms with Crippen LogP contribution in [0, 0.1) is 0 Å². The summed E-state index contributed by atoms with van der Waals surface area (Å²) in [6.07, 6.45) is 1.69. The van der Waals surface area contributed by atoms with E-state index in [0.717, 1.165) is 24.1 Å². The predicted molar refractivity (Wildman–Crippen MR) is 63.7 cm³/mol. The standard InChI is InChI=1S/C10H14N6O/c1-15-9-7(6-12-15)8(11)13-10(14-9)16-2-4-17-5-3-16/h6H,2-5H2,1H3,(H2,11,13,14). The van der Waals surface area contributed by atoms with Crippen LogP contribution in [0.4, 0.5) is 11.8 Å². The van der Waals surface area contributed by atoms with Crippen molar-refractivity contribution >= 4 is 22.8 Å². The van der Waals surface area contributed by atoms with Crippen LogP contribution in [-0.2, 0) is 11.8 Å². The molecule has 0 radical (unpaired) electrons. The summed E-state index contributed by atoms with van der Waals surface area (Å²) in [5.74, 6) is 1.13. The lowest BCUT2D eigenvalue weighted by Gasteiger charge is -2.26. The summed E-state index contributed by atoms with van der Waals surface area (Å²) in [4.78, 5) is 10.9. The first-order valence-corrected chi connectivity index (χ1v) is 5.53. The zero-order valence-corrected chi connectivity index (χ0v) is 9.63. The smallest absolute Gasteiger partial charge is 0.229 e. The van der Waals surface area contributed by atoms with E-state index < -0.39 is 0 Å². The van der Waals surface area contributed by atoms with Gasteiger partial charge in [-0.25, -0.2) is 0 Å². The summed E-state index contributed by atoms with van der Waals surface area (Å²) in [5, 5.41) is 4.93. The van der Waals surface area contributed by atoms with E-state index in [2.05, 4.69) is 20.0 Å². The van der Waals surface area contributed by atoms with Gasteiger partial charge in [-0.05, 0) is 0 Å². The fourth-order valence-electron chi connectivity index (χ4n) is 1.94. The average Bonchev–Trinajstić information content (AvgIpc) is 2.73. The Labute approximate surface area is 98.2 Å². The van der Waals surface area contributed by atoms with Crippen LogP contribution in [0.1, 0.15) is 0 Å². The van der Waals surface area contributed by atoms with Crippen molar-refractivity contribution in [2.75, 3.05) is 36.9 Å². The van der Waals surface area contributed by atoms with Gasteiger partial charge >= 0.3 is 0 Å². The molecule has 1 aliphatic rings. The maximum absolute atomic E-state index is 5.91. The van der Waals surface area contributed by atoms with Crippen LogP contribution >= 0.6 is 0 Å². The highest BCUT2D eigenvalue weighted by Crippen LogP contribution is 2.20. The third-order valence-electron chi connectivity index (χ3n) is 2.90. The molecule has 1 fully saturated rings. The van der Waals surface area contributed by atoms with Crippen molar-refractivity contribution in [1.29, 1.82) is 0 Å². The molecule has 7 nitrogen and oxygen atoms in total. The van der Waals surface area contributed by atoms with Gasteiger partial charge in [-0.15, -0.1) is 0 Å². The van der Waals surface area contributed by atoms with E-state index in [9.17, 15) is 0 Å². The Hall–Kier alpha value is -1.89. The first-order valence-electron chi connectivity index (χ1n) is 5.53. The summed E-state index contributed by atoms with van der Waals surface area (Å²) >= 11 is 0. The van der Waals surface area contributed by atoms with Crippen molar-refractivity contribution in [2.24, 2.45) is 7.05 Å². The number of nitrogens with two attached hydrogens (primary N) is 1. The molecule has 1 saturated heterocycles. The Morgan fingerprint density at radius 3 is 2.82 bits per heavy atom. The van der Waals surface area contributed by atoms with Gasteiger partial charge in [0.05, 0.1) is 24.8 Å². The summed E-state index contributed by atoms with van der Waals surface area (Å²) in [6.45, 7) is 2.99. The maximum Gasteiger partial charge on any atom is 0.229 e. The van der Waals surface area contributed by atoms with Gasteiger partial charge in [0, 0.05) is 20.1 Å². The van der Waals surface area contributed by atoms with E-state index in [-0.39, 0.29) is 0 Å². The van der Waals surface area contributed by atoms with Crippen molar-refractivity contribution < 1.29 is 4.74 Å². The van der Waals surface area contributed by atoms with E-state index in [4.69, 9.17) is 10.5 Å². The Morgan fingerprint density at radius 1 is 1.29 bits per heavy atom. The normalized spacial score (nSPS) is 16.6. The number of aromatic nitrogens is 4. The Balaban J connectivity index is 2.07. The van der Waals surface area contributed by atoms with Crippen molar-refractivity contribution in [1.82, 2.24) is 19.7 Å². The van der Waals surface area contributed by atoms with E-state index in [1.165, 1.54) is 0 Å². The zero-order valence-electron chi connectivity index (χ0n) is 9.63. The van der Waals surface area contributed by atoms with Crippen molar-refractivity contribution in [3.63, 3.8) is 0 Å². The topological polar surface area (TPSA) is 82.1 Å². The van der Waals surface area contributed by atoms with Crippen LogP contribution in [-0.4, -0.2) is 46.1 Å². The third kappa shape index (κ3) is 1.68. The lowest BCUT2D eigenvalue weighted by atomic mass is 10.4. The minimum Gasteiger partial charge on any atom is -0.383 e. The Bertz CT molecular complexity index is 545. The van der Waals surface area contributed by atoms with Crippen molar-refractivity contribution in [3.05, 3.63) is 6.20 Å². The summed E-state index contributed by atoms with van der Waals surface area (Å²) in [5.41, 5.74) is 6.68. The highest BCUT2D eigenvalue weighted by Gasteiger charge is 2.16. The number of aryl methyl sites for hydroxylation is 1. The van der Waals surface area contributed by atoms with Crippen molar-refractivity contribution in [2.45, 2.75) is 0 Å².